The van der Waals surface area contributed by atoms with Crippen LogP contribution >= 0.6 is 0 Å². The van der Waals surface area contributed by atoms with E-state index in [1.165, 1.54) is 89.9 Å². The van der Waals surface area contributed by atoms with E-state index in [2.05, 4.69) is 26.0 Å². The summed E-state index contributed by atoms with van der Waals surface area (Å²) >= 11 is 0. The standard InChI is InChI=1S/C24H46O2/c1-3-5-7-9-11-12-13-14-15-16-17-18-20-22-24(25)26-23-21-19-10-8-6-4-2/h12-13H,3-11,14-23H2,1-2H3/b13-12-. The molecule has 154 valence electrons. The van der Waals surface area contributed by atoms with Crippen molar-refractivity contribution in [3.8, 4) is 0 Å². The first kappa shape index (κ1) is 25.2. The predicted octanol–water partition coefficient (Wildman–Crippen LogP) is 8.15. The van der Waals surface area contributed by atoms with Crippen molar-refractivity contribution in [3.63, 3.8) is 0 Å². The Morgan fingerprint density at radius 3 is 1.69 bits per heavy atom. The van der Waals surface area contributed by atoms with Crippen molar-refractivity contribution in [1.82, 2.24) is 0 Å². The SMILES string of the molecule is CCCCCC/C=C\CCCCCCCC(=O)OCCCCCCCC. The van der Waals surface area contributed by atoms with Crippen LogP contribution in [0.4, 0.5) is 0 Å². The van der Waals surface area contributed by atoms with Gasteiger partial charge in [0.05, 0.1) is 6.61 Å². The number of ether oxygens (including phenoxy) is 1. The first-order chi connectivity index (χ1) is 12.8. The lowest BCUT2D eigenvalue weighted by molar-refractivity contribution is -0.143. The smallest absolute Gasteiger partial charge is 0.305 e. The van der Waals surface area contributed by atoms with Crippen LogP contribution < -0.4 is 0 Å². The highest BCUT2D eigenvalue weighted by molar-refractivity contribution is 5.69. The molecule has 0 heterocycles. The van der Waals surface area contributed by atoms with E-state index < -0.39 is 0 Å². The van der Waals surface area contributed by atoms with E-state index in [1.54, 1.807) is 0 Å². The molecule has 0 radical (unpaired) electrons. The number of carbonyl (C=O) groups is 1. The minimum absolute atomic E-state index is 0.00423. The molecule has 0 aliphatic rings. The summed E-state index contributed by atoms with van der Waals surface area (Å²) in [6.07, 6.45) is 26.6. The van der Waals surface area contributed by atoms with Gasteiger partial charge < -0.3 is 4.74 Å². The zero-order valence-corrected chi connectivity index (χ0v) is 17.9. The molecule has 0 aromatic carbocycles. The van der Waals surface area contributed by atoms with Gasteiger partial charge in [-0.2, -0.15) is 0 Å². The maximum Gasteiger partial charge on any atom is 0.305 e. The van der Waals surface area contributed by atoms with Gasteiger partial charge in [0.25, 0.3) is 0 Å². The van der Waals surface area contributed by atoms with Crippen molar-refractivity contribution in [2.24, 2.45) is 0 Å². The summed E-state index contributed by atoms with van der Waals surface area (Å²) in [4.78, 5) is 11.6. The number of hydrogen-bond donors (Lipinski definition) is 0. The zero-order valence-electron chi connectivity index (χ0n) is 17.9. The Balaban J connectivity index is 3.19. The van der Waals surface area contributed by atoms with Gasteiger partial charge in [-0.25, -0.2) is 0 Å². The van der Waals surface area contributed by atoms with Gasteiger partial charge in [-0.1, -0.05) is 96.6 Å². The molecule has 0 N–H and O–H groups in total. The predicted molar refractivity (Wildman–Crippen MR) is 115 cm³/mol. The van der Waals surface area contributed by atoms with Gasteiger partial charge >= 0.3 is 5.97 Å². The van der Waals surface area contributed by atoms with E-state index in [1.807, 2.05) is 0 Å². The molecule has 0 rings (SSSR count). The molecule has 0 unspecified atom stereocenters. The van der Waals surface area contributed by atoms with Gasteiger partial charge in [-0.3, -0.25) is 4.79 Å². The number of carbonyl (C=O) groups excluding carboxylic acids is 1. The minimum atomic E-state index is 0.00423. The van der Waals surface area contributed by atoms with Crippen LogP contribution in [0.1, 0.15) is 129 Å². The molecule has 0 spiro atoms. The Kier molecular flexibility index (Phi) is 21.6. The third kappa shape index (κ3) is 21.3. The van der Waals surface area contributed by atoms with Crippen molar-refractivity contribution < 1.29 is 9.53 Å². The fourth-order valence-corrected chi connectivity index (χ4v) is 3.13. The van der Waals surface area contributed by atoms with Crippen LogP contribution in [-0.4, -0.2) is 12.6 Å². The number of unbranched alkanes of at least 4 members (excludes halogenated alkanes) is 14. The lowest BCUT2D eigenvalue weighted by Gasteiger charge is -2.05. The van der Waals surface area contributed by atoms with Crippen LogP contribution in [0.3, 0.4) is 0 Å². The summed E-state index contributed by atoms with van der Waals surface area (Å²) < 4.78 is 5.31. The number of rotatable bonds is 20. The van der Waals surface area contributed by atoms with Gasteiger partial charge in [-0.05, 0) is 38.5 Å². The zero-order chi connectivity index (χ0) is 19.1. The molecule has 0 aliphatic heterocycles. The van der Waals surface area contributed by atoms with Crippen LogP contribution in [0.2, 0.25) is 0 Å². The van der Waals surface area contributed by atoms with Crippen LogP contribution in [0.15, 0.2) is 12.2 Å². The van der Waals surface area contributed by atoms with Crippen molar-refractivity contribution in [2.75, 3.05) is 6.61 Å². The summed E-state index contributed by atoms with van der Waals surface area (Å²) in [5, 5.41) is 0. The summed E-state index contributed by atoms with van der Waals surface area (Å²) in [6, 6.07) is 0. The van der Waals surface area contributed by atoms with Gasteiger partial charge in [0.2, 0.25) is 0 Å². The van der Waals surface area contributed by atoms with E-state index in [0.29, 0.717) is 13.0 Å². The van der Waals surface area contributed by atoms with Crippen LogP contribution in [0, 0.1) is 0 Å². The van der Waals surface area contributed by atoms with Crippen LogP contribution in [-0.2, 0) is 9.53 Å². The molecule has 0 amide bonds. The van der Waals surface area contributed by atoms with Gasteiger partial charge in [0, 0.05) is 6.42 Å². The minimum Gasteiger partial charge on any atom is -0.466 e. The van der Waals surface area contributed by atoms with E-state index in [-0.39, 0.29) is 5.97 Å². The Morgan fingerprint density at radius 1 is 0.615 bits per heavy atom. The first-order valence-electron chi connectivity index (χ1n) is 11.6. The Labute approximate surface area is 164 Å². The van der Waals surface area contributed by atoms with Crippen molar-refractivity contribution >= 4 is 5.97 Å². The summed E-state index contributed by atoms with van der Waals surface area (Å²) in [6.45, 7) is 5.11. The Hall–Kier alpha value is -0.790. The molecule has 0 saturated heterocycles. The highest BCUT2D eigenvalue weighted by Gasteiger charge is 2.02. The van der Waals surface area contributed by atoms with Gasteiger partial charge in [-0.15, -0.1) is 0 Å². The summed E-state index contributed by atoms with van der Waals surface area (Å²) in [5.41, 5.74) is 0. The molecule has 0 aliphatic carbocycles. The normalized spacial score (nSPS) is 11.3. The topological polar surface area (TPSA) is 26.3 Å². The third-order valence-electron chi connectivity index (χ3n) is 4.90. The van der Waals surface area contributed by atoms with E-state index in [9.17, 15) is 4.79 Å². The quantitative estimate of drug-likeness (QED) is 0.123. The third-order valence-corrected chi connectivity index (χ3v) is 4.90. The molecule has 0 aromatic heterocycles. The van der Waals surface area contributed by atoms with Gasteiger partial charge in [0.15, 0.2) is 0 Å². The largest absolute Gasteiger partial charge is 0.466 e. The van der Waals surface area contributed by atoms with Crippen LogP contribution in [0.25, 0.3) is 0 Å². The average Bonchev–Trinajstić information content (AvgIpc) is 2.64. The monoisotopic (exact) mass is 366 g/mol. The molecule has 0 bridgehead atoms. The van der Waals surface area contributed by atoms with Crippen molar-refractivity contribution in [3.05, 3.63) is 12.2 Å². The molecule has 0 saturated carbocycles. The molecular weight excluding hydrogens is 320 g/mol. The maximum atomic E-state index is 11.6. The van der Waals surface area contributed by atoms with E-state index >= 15 is 0 Å². The fraction of sp³-hybridized carbons (Fsp3) is 0.875. The maximum absolute atomic E-state index is 11.6. The van der Waals surface area contributed by atoms with Crippen molar-refractivity contribution in [2.45, 2.75) is 129 Å². The first-order valence-corrected chi connectivity index (χ1v) is 11.6. The second-order valence-electron chi connectivity index (χ2n) is 7.62. The second-order valence-corrected chi connectivity index (χ2v) is 7.62. The number of hydrogen-bond acceptors (Lipinski definition) is 2. The molecule has 0 fully saturated rings. The number of allylic oxidation sites excluding steroid dienone is 2. The summed E-state index contributed by atoms with van der Waals surface area (Å²) in [5.74, 6) is 0.00423. The average molecular weight is 367 g/mol. The molecular formula is C24H46O2. The number of esters is 1. The lowest BCUT2D eigenvalue weighted by atomic mass is 10.1. The highest BCUT2D eigenvalue weighted by Crippen LogP contribution is 2.10. The van der Waals surface area contributed by atoms with E-state index in [4.69, 9.17) is 4.74 Å². The van der Waals surface area contributed by atoms with E-state index in [0.717, 1.165) is 19.3 Å². The lowest BCUT2D eigenvalue weighted by Crippen LogP contribution is -2.05. The molecule has 26 heavy (non-hydrogen) atoms. The Bertz CT molecular complexity index is 309. The van der Waals surface area contributed by atoms with Crippen molar-refractivity contribution in [1.29, 1.82) is 0 Å². The summed E-state index contributed by atoms with van der Waals surface area (Å²) in [7, 11) is 0. The Morgan fingerprint density at radius 2 is 1.08 bits per heavy atom. The molecule has 2 nitrogen and oxygen atoms in total. The molecule has 2 heteroatoms. The molecule has 0 aromatic rings. The second kappa shape index (κ2) is 22.3. The highest BCUT2D eigenvalue weighted by atomic mass is 16.5. The fourth-order valence-electron chi connectivity index (χ4n) is 3.13. The van der Waals surface area contributed by atoms with Crippen LogP contribution in [0.5, 0.6) is 0 Å². The molecule has 0 atom stereocenters. The van der Waals surface area contributed by atoms with Gasteiger partial charge in [0.1, 0.15) is 0 Å².